The average Bonchev–Trinajstić information content (AvgIpc) is 2.46. The van der Waals surface area contributed by atoms with Crippen LogP contribution in [0.25, 0.3) is 10.8 Å². The lowest BCUT2D eigenvalue weighted by Crippen LogP contribution is -2.32. The summed E-state index contributed by atoms with van der Waals surface area (Å²) >= 11 is 0. The molecule has 2 aromatic carbocycles. The lowest BCUT2D eigenvalue weighted by molar-refractivity contribution is 0.0397. The Morgan fingerprint density at radius 2 is 1.78 bits per heavy atom. The van der Waals surface area contributed by atoms with E-state index in [1.807, 2.05) is 6.21 Å². The zero-order valence-corrected chi connectivity index (χ0v) is 10.2. The van der Waals surface area contributed by atoms with Crippen LogP contribution in [0.4, 0.5) is 0 Å². The SMILES string of the molecule is C(=N\N1CCOCC1)/c1cccc2ccccc12. The Labute approximate surface area is 107 Å². The molecule has 3 heteroatoms. The minimum Gasteiger partial charge on any atom is -0.378 e. The Morgan fingerprint density at radius 1 is 1.00 bits per heavy atom. The third kappa shape index (κ3) is 2.36. The van der Waals surface area contributed by atoms with Crippen molar-refractivity contribution in [1.29, 1.82) is 0 Å². The second-order valence-electron chi connectivity index (χ2n) is 4.38. The van der Waals surface area contributed by atoms with E-state index in [0.717, 1.165) is 26.3 Å². The third-order valence-corrected chi connectivity index (χ3v) is 3.17. The first-order valence-corrected chi connectivity index (χ1v) is 6.28. The third-order valence-electron chi connectivity index (χ3n) is 3.17. The molecule has 2 aromatic rings. The summed E-state index contributed by atoms with van der Waals surface area (Å²) in [4.78, 5) is 0. The van der Waals surface area contributed by atoms with E-state index < -0.39 is 0 Å². The van der Waals surface area contributed by atoms with Crippen molar-refractivity contribution in [2.24, 2.45) is 5.10 Å². The number of hydrogen-bond acceptors (Lipinski definition) is 3. The largest absolute Gasteiger partial charge is 0.378 e. The van der Waals surface area contributed by atoms with Crippen LogP contribution in [0.15, 0.2) is 47.6 Å². The fraction of sp³-hybridized carbons (Fsp3) is 0.267. The van der Waals surface area contributed by atoms with Gasteiger partial charge in [0.05, 0.1) is 32.5 Å². The minimum atomic E-state index is 0.771. The first-order chi connectivity index (χ1) is 8.93. The number of ether oxygens (including phenoxy) is 1. The van der Waals surface area contributed by atoms with Crippen molar-refractivity contribution in [2.75, 3.05) is 26.3 Å². The number of hydrogen-bond donors (Lipinski definition) is 0. The fourth-order valence-corrected chi connectivity index (χ4v) is 2.18. The molecule has 0 atom stereocenters. The molecule has 3 nitrogen and oxygen atoms in total. The van der Waals surface area contributed by atoms with Crippen LogP contribution in [0.1, 0.15) is 5.56 Å². The Bertz CT molecular complexity index is 554. The minimum absolute atomic E-state index is 0.771. The van der Waals surface area contributed by atoms with Gasteiger partial charge in [-0.25, -0.2) is 0 Å². The van der Waals surface area contributed by atoms with Gasteiger partial charge in [-0.15, -0.1) is 0 Å². The molecule has 0 spiro atoms. The molecule has 1 heterocycles. The highest BCUT2D eigenvalue weighted by molar-refractivity contribution is 5.99. The molecule has 3 rings (SSSR count). The van der Waals surface area contributed by atoms with Crippen LogP contribution < -0.4 is 0 Å². The molecule has 92 valence electrons. The molecule has 0 unspecified atom stereocenters. The molecule has 1 saturated heterocycles. The van der Waals surface area contributed by atoms with Gasteiger partial charge >= 0.3 is 0 Å². The predicted molar refractivity (Wildman–Crippen MR) is 73.9 cm³/mol. The smallest absolute Gasteiger partial charge is 0.0659 e. The summed E-state index contributed by atoms with van der Waals surface area (Å²) in [5.74, 6) is 0. The molecule has 0 saturated carbocycles. The van der Waals surface area contributed by atoms with Gasteiger partial charge in [0, 0.05) is 5.56 Å². The van der Waals surface area contributed by atoms with E-state index in [4.69, 9.17) is 4.74 Å². The fourth-order valence-electron chi connectivity index (χ4n) is 2.18. The van der Waals surface area contributed by atoms with Crippen LogP contribution in [0.2, 0.25) is 0 Å². The van der Waals surface area contributed by atoms with Gasteiger partial charge in [-0.05, 0) is 10.8 Å². The maximum atomic E-state index is 5.31. The second kappa shape index (κ2) is 5.19. The van der Waals surface area contributed by atoms with E-state index in [1.54, 1.807) is 0 Å². The molecular formula is C15H16N2O. The van der Waals surface area contributed by atoms with Crippen molar-refractivity contribution in [3.63, 3.8) is 0 Å². The molecule has 0 amide bonds. The summed E-state index contributed by atoms with van der Waals surface area (Å²) in [5, 5.41) is 9.09. The van der Waals surface area contributed by atoms with Crippen molar-refractivity contribution in [1.82, 2.24) is 5.01 Å². The first-order valence-electron chi connectivity index (χ1n) is 6.28. The Kier molecular flexibility index (Phi) is 3.24. The molecule has 0 N–H and O–H groups in total. The number of morpholine rings is 1. The summed E-state index contributed by atoms with van der Waals surface area (Å²) < 4.78 is 5.31. The number of hydrazone groups is 1. The quantitative estimate of drug-likeness (QED) is 0.753. The highest BCUT2D eigenvalue weighted by Crippen LogP contribution is 2.17. The molecule has 0 bridgehead atoms. The molecule has 0 aliphatic carbocycles. The highest BCUT2D eigenvalue weighted by atomic mass is 16.5. The lowest BCUT2D eigenvalue weighted by atomic mass is 10.1. The van der Waals surface area contributed by atoms with Gasteiger partial charge in [0.2, 0.25) is 0 Å². The highest BCUT2D eigenvalue weighted by Gasteiger charge is 2.06. The average molecular weight is 240 g/mol. The number of fused-ring (bicyclic) bond motifs is 1. The molecule has 1 fully saturated rings. The van der Waals surface area contributed by atoms with Gasteiger partial charge in [-0.2, -0.15) is 5.10 Å². The zero-order valence-electron chi connectivity index (χ0n) is 10.2. The normalized spacial score (nSPS) is 16.6. The van der Waals surface area contributed by atoms with E-state index in [2.05, 4.69) is 52.6 Å². The molecule has 0 aromatic heterocycles. The van der Waals surface area contributed by atoms with E-state index in [9.17, 15) is 0 Å². The van der Waals surface area contributed by atoms with Crippen molar-refractivity contribution >= 4 is 17.0 Å². The van der Waals surface area contributed by atoms with Gasteiger partial charge in [0.15, 0.2) is 0 Å². The van der Waals surface area contributed by atoms with Crippen LogP contribution in [0, 0.1) is 0 Å². The molecular weight excluding hydrogens is 224 g/mol. The summed E-state index contributed by atoms with van der Waals surface area (Å²) in [7, 11) is 0. The standard InChI is InChI=1S/C15H16N2O/c1-2-7-15-13(4-1)5-3-6-14(15)12-16-17-8-10-18-11-9-17/h1-7,12H,8-11H2/b16-12+. The molecule has 0 radical (unpaired) electrons. The molecule has 1 aliphatic rings. The Balaban J connectivity index is 1.87. The van der Waals surface area contributed by atoms with Crippen LogP contribution in [-0.2, 0) is 4.74 Å². The molecule has 18 heavy (non-hydrogen) atoms. The number of nitrogens with zero attached hydrogens (tertiary/aromatic N) is 2. The van der Waals surface area contributed by atoms with Crippen LogP contribution in [0.5, 0.6) is 0 Å². The van der Waals surface area contributed by atoms with Crippen LogP contribution in [-0.4, -0.2) is 37.5 Å². The lowest BCUT2D eigenvalue weighted by Gasteiger charge is -2.23. The zero-order chi connectivity index (χ0) is 12.2. The number of rotatable bonds is 2. The Morgan fingerprint density at radius 3 is 2.67 bits per heavy atom. The van der Waals surface area contributed by atoms with E-state index in [1.165, 1.54) is 16.3 Å². The van der Waals surface area contributed by atoms with Crippen molar-refractivity contribution in [3.8, 4) is 0 Å². The summed E-state index contributed by atoms with van der Waals surface area (Å²) in [6.07, 6.45) is 1.95. The Hall–Kier alpha value is -1.87. The molecule has 1 aliphatic heterocycles. The van der Waals surface area contributed by atoms with Crippen LogP contribution in [0.3, 0.4) is 0 Å². The maximum absolute atomic E-state index is 5.31. The van der Waals surface area contributed by atoms with Gasteiger partial charge in [0.25, 0.3) is 0 Å². The van der Waals surface area contributed by atoms with Gasteiger partial charge in [-0.3, -0.25) is 5.01 Å². The van der Waals surface area contributed by atoms with E-state index in [0.29, 0.717) is 0 Å². The van der Waals surface area contributed by atoms with Crippen LogP contribution >= 0.6 is 0 Å². The number of benzene rings is 2. The topological polar surface area (TPSA) is 24.8 Å². The van der Waals surface area contributed by atoms with Crippen molar-refractivity contribution in [2.45, 2.75) is 0 Å². The second-order valence-corrected chi connectivity index (χ2v) is 4.38. The van der Waals surface area contributed by atoms with Crippen molar-refractivity contribution < 1.29 is 4.74 Å². The van der Waals surface area contributed by atoms with Crippen molar-refractivity contribution in [3.05, 3.63) is 48.0 Å². The van der Waals surface area contributed by atoms with Gasteiger partial charge in [0.1, 0.15) is 0 Å². The summed E-state index contributed by atoms with van der Waals surface area (Å²) in [5.41, 5.74) is 1.17. The monoisotopic (exact) mass is 240 g/mol. The predicted octanol–water partition coefficient (Wildman–Crippen LogP) is 2.51. The summed E-state index contributed by atoms with van der Waals surface area (Å²) in [6.45, 7) is 3.29. The van der Waals surface area contributed by atoms with E-state index >= 15 is 0 Å². The van der Waals surface area contributed by atoms with E-state index in [-0.39, 0.29) is 0 Å². The van der Waals surface area contributed by atoms with Gasteiger partial charge < -0.3 is 4.74 Å². The maximum Gasteiger partial charge on any atom is 0.0659 e. The summed E-state index contributed by atoms with van der Waals surface area (Å²) in [6, 6.07) is 14.7. The van der Waals surface area contributed by atoms with Gasteiger partial charge in [-0.1, -0.05) is 42.5 Å². The first kappa shape index (κ1) is 11.2.